The summed E-state index contributed by atoms with van der Waals surface area (Å²) in [5.41, 5.74) is 6.74. The molecule has 0 radical (unpaired) electrons. The average molecular weight is 204 g/mol. The average Bonchev–Trinajstić information content (AvgIpc) is 2.59. The van der Waals surface area contributed by atoms with Gasteiger partial charge in [0.1, 0.15) is 11.6 Å². The van der Waals surface area contributed by atoms with Gasteiger partial charge in [0.2, 0.25) is 0 Å². The quantitative estimate of drug-likeness (QED) is 0.756. The van der Waals surface area contributed by atoms with Crippen LogP contribution in [0.5, 0.6) is 0 Å². The Kier molecular flexibility index (Phi) is 2.49. The molecular formula is C9H12N6. The van der Waals surface area contributed by atoms with Crippen molar-refractivity contribution in [2.24, 2.45) is 7.05 Å². The van der Waals surface area contributed by atoms with E-state index in [1.54, 1.807) is 24.1 Å². The van der Waals surface area contributed by atoms with E-state index in [0.29, 0.717) is 12.4 Å². The smallest absolute Gasteiger partial charge is 0.148 e. The second-order valence-electron chi connectivity index (χ2n) is 3.14. The van der Waals surface area contributed by atoms with Crippen molar-refractivity contribution in [1.82, 2.24) is 20.0 Å². The fraction of sp³-hybridized carbons (Fsp3) is 0.222. The van der Waals surface area contributed by atoms with Gasteiger partial charge in [0.05, 0.1) is 6.20 Å². The van der Waals surface area contributed by atoms with Crippen molar-refractivity contribution in [3.05, 3.63) is 30.1 Å². The summed E-state index contributed by atoms with van der Waals surface area (Å²) in [5, 5.41) is 14.8. The first-order valence-corrected chi connectivity index (χ1v) is 4.55. The monoisotopic (exact) mass is 204 g/mol. The molecule has 0 bridgehead atoms. The molecule has 6 heteroatoms. The van der Waals surface area contributed by atoms with Crippen molar-refractivity contribution in [2.45, 2.75) is 6.54 Å². The van der Waals surface area contributed by atoms with Crippen molar-refractivity contribution < 1.29 is 0 Å². The zero-order chi connectivity index (χ0) is 10.7. The second kappa shape index (κ2) is 3.95. The van der Waals surface area contributed by atoms with E-state index >= 15 is 0 Å². The fourth-order valence-electron chi connectivity index (χ4n) is 1.21. The normalized spacial score (nSPS) is 10.2. The zero-order valence-electron chi connectivity index (χ0n) is 8.38. The van der Waals surface area contributed by atoms with Gasteiger partial charge in [0, 0.05) is 25.4 Å². The van der Waals surface area contributed by atoms with E-state index in [2.05, 4.69) is 20.6 Å². The van der Waals surface area contributed by atoms with Gasteiger partial charge < -0.3 is 11.1 Å². The Morgan fingerprint density at radius 3 is 3.00 bits per heavy atom. The lowest BCUT2D eigenvalue weighted by Crippen LogP contribution is -2.05. The lowest BCUT2D eigenvalue weighted by Gasteiger charge is -2.03. The van der Waals surface area contributed by atoms with Crippen LogP contribution in [0.15, 0.2) is 24.5 Å². The predicted octanol–water partition coefficient (Wildman–Crippen LogP) is 0.404. The van der Waals surface area contributed by atoms with E-state index in [0.717, 1.165) is 11.4 Å². The van der Waals surface area contributed by atoms with Gasteiger partial charge in [-0.05, 0) is 12.1 Å². The van der Waals surface area contributed by atoms with Crippen LogP contribution in [0.2, 0.25) is 0 Å². The third-order valence-corrected chi connectivity index (χ3v) is 2.10. The predicted molar refractivity (Wildman–Crippen MR) is 57.0 cm³/mol. The van der Waals surface area contributed by atoms with Crippen LogP contribution in [0.4, 0.5) is 11.6 Å². The highest BCUT2D eigenvalue weighted by atomic mass is 15.3. The highest BCUT2D eigenvalue weighted by Gasteiger charge is 2.03. The van der Waals surface area contributed by atoms with Crippen molar-refractivity contribution in [3.8, 4) is 0 Å². The molecule has 2 aromatic rings. The largest absolute Gasteiger partial charge is 0.384 e. The van der Waals surface area contributed by atoms with Crippen LogP contribution in [0.1, 0.15) is 5.56 Å². The van der Waals surface area contributed by atoms with Gasteiger partial charge in [-0.3, -0.25) is 4.68 Å². The molecule has 0 aromatic carbocycles. The minimum Gasteiger partial charge on any atom is -0.384 e. The number of hydrogen-bond donors (Lipinski definition) is 2. The fourth-order valence-corrected chi connectivity index (χ4v) is 1.21. The SMILES string of the molecule is Cn1ncc(CNc2cccnn2)c1N. The first kappa shape index (κ1) is 9.45. The Morgan fingerprint density at radius 2 is 2.40 bits per heavy atom. The lowest BCUT2D eigenvalue weighted by atomic mass is 10.3. The number of rotatable bonds is 3. The molecule has 2 rings (SSSR count). The first-order chi connectivity index (χ1) is 7.27. The van der Waals surface area contributed by atoms with Gasteiger partial charge in [0.15, 0.2) is 0 Å². The van der Waals surface area contributed by atoms with Gasteiger partial charge >= 0.3 is 0 Å². The maximum atomic E-state index is 5.79. The number of nitrogens with two attached hydrogens (primary N) is 1. The molecule has 15 heavy (non-hydrogen) atoms. The van der Waals surface area contributed by atoms with Gasteiger partial charge in [-0.1, -0.05) is 0 Å². The molecule has 0 aliphatic carbocycles. The van der Waals surface area contributed by atoms with Crippen molar-refractivity contribution >= 4 is 11.6 Å². The van der Waals surface area contributed by atoms with E-state index in [4.69, 9.17) is 5.73 Å². The Hall–Kier alpha value is -2.11. The number of aromatic nitrogens is 4. The summed E-state index contributed by atoms with van der Waals surface area (Å²) in [6.07, 6.45) is 3.36. The summed E-state index contributed by atoms with van der Waals surface area (Å²) in [5.74, 6) is 1.38. The number of nitrogens with zero attached hydrogens (tertiary/aromatic N) is 4. The number of anilines is 2. The molecule has 0 amide bonds. The highest BCUT2D eigenvalue weighted by molar-refractivity contribution is 5.42. The molecule has 3 N–H and O–H groups in total. The Labute approximate surface area is 87.1 Å². The molecule has 0 aliphatic rings. The van der Waals surface area contributed by atoms with E-state index in [-0.39, 0.29) is 0 Å². The summed E-state index contributed by atoms with van der Waals surface area (Å²) in [6.45, 7) is 0.596. The minimum absolute atomic E-state index is 0.596. The Bertz CT molecular complexity index is 435. The van der Waals surface area contributed by atoms with Crippen molar-refractivity contribution in [2.75, 3.05) is 11.1 Å². The van der Waals surface area contributed by atoms with E-state index < -0.39 is 0 Å². The zero-order valence-corrected chi connectivity index (χ0v) is 8.38. The Morgan fingerprint density at radius 1 is 1.53 bits per heavy atom. The second-order valence-corrected chi connectivity index (χ2v) is 3.14. The molecule has 0 spiro atoms. The molecule has 6 nitrogen and oxygen atoms in total. The first-order valence-electron chi connectivity index (χ1n) is 4.55. The summed E-state index contributed by atoms with van der Waals surface area (Å²) in [4.78, 5) is 0. The standard InChI is InChI=1S/C9H12N6/c1-15-9(10)7(6-13-15)5-11-8-3-2-4-12-14-8/h2-4,6H,5,10H2,1H3,(H,11,14). The van der Waals surface area contributed by atoms with Gasteiger partial charge in [-0.2, -0.15) is 10.2 Å². The molecule has 0 aliphatic heterocycles. The van der Waals surface area contributed by atoms with Gasteiger partial charge in [-0.25, -0.2) is 0 Å². The van der Waals surface area contributed by atoms with Crippen LogP contribution in [-0.2, 0) is 13.6 Å². The minimum atomic E-state index is 0.596. The van der Waals surface area contributed by atoms with Crippen LogP contribution >= 0.6 is 0 Å². The molecule has 2 heterocycles. The van der Waals surface area contributed by atoms with Gasteiger partial charge in [0.25, 0.3) is 0 Å². The Balaban J connectivity index is 2.02. The van der Waals surface area contributed by atoms with Crippen molar-refractivity contribution in [1.29, 1.82) is 0 Å². The van der Waals surface area contributed by atoms with E-state index in [1.165, 1.54) is 0 Å². The summed E-state index contributed by atoms with van der Waals surface area (Å²) in [6, 6.07) is 3.67. The van der Waals surface area contributed by atoms with Crippen LogP contribution in [0.3, 0.4) is 0 Å². The highest BCUT2D eigenvalue weighted by Crippen LogP contribution is 2.10. The maximum Gasteiger partial charge on any atom is 0.148 e. The third kappa shape index (κ3) is 2.04. The molecule has 0 saturated heterocycles. The molecule has 0 fully saturated rings. The summed E-state index contributed by atoms with van der Waals surface area (Å²) >= 11 is 0. The lowest BCUT2D eigenvalue weighted by molar-refractivity contribution is 0.778. The molecule has 2 aromatic heterocycles. The van der Waals surface area contributed by atoms with E-state index in [9.17, 15) is 0 Å². The number of nitrogen functional groups attached to an aromatic ring is 1. The number of hydrogen-bond acceptors (Lipinski definition) is 5. The molecule has 0 saturated carbocycles. The number of nitrogens with one attached hydrogen (secondary N) is 1. The number of aryl methyl sites for hydroxylation is 1. The van der Waals surface area contributed by atoms with Gasteiger partial charge in [-0.15, -0.1) is 5.10 Å². The maximum absolute atomic E-state index is 5.79. The van der Waals surface area contributed by atoms with Crippen molar-refractivity contribution in [3.63, 3.8) is 0 Å². The van der Waals surface area contributed by atoms with Crippen LogP contribution < -0.4 is 11.1 Å². The summed E-state index contributed by atoms with van der Waals surface area (Å²) < 4.78 is 1.63. The molecule has 0 atom stereocenters. The summed E-state index contributed by atoms with van der Waals surface area (Å²) in [7, 11) is 1.81. The third-order valence-electron chi connectivity index (χ3n) is 2.10. The van der Waals surface area contributed by atoms with Crippen LogP contribution in [-0.4, -0.2) is 20.0 Å². The van der Waals surface area contributed by atoms with Crippen LogP contribution in [0.25, 0.3) is 0 Å². The topological polar surface area (TPSA) is 81.7 Å². The molecule has 0 unspecified atom stereocenters. The molecular weight excluding hydrogens is 192 g/mol. The molecule has 78 valence electrons. The van der Waals surface area contributed by atoms with Crippen LogP contribution in [0, 0.1) is 0 Å². The van der Waals surface area contributed by atoms with E-state index in [1.807, 2.05) is 12.1 Å².